The van der Waals surface area contributed by atoms with Crippen molar-refractivity contribution in [3.8, 4) is 0 Å². The number of morpholine rings is 1. The summed E-state index contributed by atoms with van der Waals surface area (Å²) in [5.74, 6) is 0. The van der Waals surface area contributed by atoms with Gasteiger partial charge in [0.05, 0.1) is 31.0 Å². The van der Waals surface area contributed by atoms with Crippen LogP contribution in [0.25, 0.3) is 0 Å². The standard InChI is InChI=1S/C13H18BrNO2/c1-13(2)9-17-6-5-15(13)12-4-3-10(8-16)7-11(12)14/h3-4,7,16H,5-6,8-9H2,1-2H3. The normalized spacial score (nSPS) is 19.4. The predicted molar refractivity (Wildman–Crippen MR) is 72.3 cm³/mol. The molecule has 1 aromatic carbocycles. The van der Waals surface area contributed by atoms with Gasteiger partial charge in [0.2, 0.25) is 0 Å². The number of hydrogen-bond donors (Lipinski definition) is 1. The summed E-state index contributed by atoms with van der Waals surface area (Å²) in [6.07, 6.45) is 0. The Labute approximate surface area is 111 Å². The fraction of sp³-hybridized carbons (Fsp3) is 0.538. The molecule has 0 unspecified atom stereocenters. The van der Waals surface area contributed by atoms with Crippen LogP contribution in [0.2, 0.25) is 0 Å². The van der Waals surface area contributed by atoms with Crippen LogP contribution in [0.4, 0.5) is 5.69 Å². The van der Waals surface area contributed by atoms with Crippen LogP contribution in [0.15, 0.2) is 22.7 Å². The first kappa shape index (κ1) is 12.9. The summed E-state index contributed by atoms with van der Waals surface area (Å²) in [5.41, 5.74) is 2.09. The van der Waals surface area contributed by atoms with Gasteiger partial charge >= 0.3 is 0 Å². The second kappa shape index (κ2) is 4.96. The molecule has 1 saturated heterocycles. The molecule has 1 heterocycles. The van der Waals surface area contributed by atoms with Gasteiger partial charge in [0, 0.05) is 11.0 Å². The molecule has 94 valence electrons. The lowest BCUT2D eigenvalue weighted by Gasteiger charge is -2.44. The van der Waals surface area contributed by atoms with Gasteiger partial charge in [-0.2, -0.15) is 0 Å². The first-order valence-corrected chi connectivity index (χ1v) is 6.58. The SMILES string of the molecule is CC1(C)COCCN1c1ccc(CO)cc1Br. The Morgan fingerprint density at radius 2 is 2.24 bits per heavy atom. The Bertz CT molecular complexity index is 406. The molecular weight excluding hydrogens is 282 g/mol. The van der Waals surface area contributed by atoms with E-state index >= 15 is 0 Å². The van der Waals surface area contributed by atoms with Crippen molar-refractivity contribution in [2.75, 3.05) is 24.7 Å². The first-order valence-electron chi connectivity index (χ1n) is 5.79. The highest BCUT2D eigenvalue weighted by atomic mass is 79.9. The summed E-state index contributed by atoms with van der Waals surface area (Å²) in [7, 11) is 0. The summed E-state index contributed by atoms with van der Waals surface area (Å²) >= 11 is 3.58. The molecule has 0 radical (unpaired) electrons. The Balaban J connectivity index is 2.32. The van der Waals surface area contributed by atoms with Crippen molar-refractivity contribution in [3.05, 3.63) is 28.2 Å². The van der Waals surface area contributed by atoms with Crippen molar-refractivity contribution in [2.45, 2.75) is 26.0 Å². The van der Waals surface area contributed by atoms with Crippen LogP contribution in [0.3, 0.4) is 0 Å². The van der Waals surface area contributed by atoms with Crippen LogP contribution < -0.4 is 4.90 Å². The zero-order valence-corrected chi connectivity index (χ0v) is 11.8. The molecule has 0 saturated carbocycles. The topological polar surface area (TPSA) is 32.7 Å². The zero-order valence-electron chi connectivity index (χ0n) is 10.2. The van der Waals surface area contributed by atoms with E-state index in [0.29, 0.717) is 0 Å². The van der Waals surface area contributed by atoms with Crippen molar-refractivity contribution in [1.82, 2.24) is 0 Å². The van der Waals surface area contributed by atoms with Gasteiger partial charge in [0.15, 0.2) is 0 Å². The number of anilines is 1. The zero-order chi connectivity index (χ0) is 12.5. The van der Waals surface area contributed by atoms with Crippen molar-refractivity contribution < 1.29 is 9.84 Å². The molecule has 2 rings (SSSR count). The third kappa shape index (κ3) is 2.64. The molecule has 4 heteroatoms. The Morgan fingerprint density at radius 1 is 1.47 bits per heavy atom. The lowest BCUT2D eigenvalue weighted by Crippen LogP contribution is -2.53. The second-order valence-corrected chi connectivity index (χ2v) is 5.81. The smallest absolute Gasteiger partial charge is 0.0694 e. The summed E-state index contributed by atoms with van der Waals surface area (Å²) in [5, 5.41) is 9.11. The van der Waals surface area contributed by atoms with Gasteiger partial charge in [0.25, 0.3) is 0 Å². The van der Waals surface area contributed by atoms with Gasteiger partial charge in [-0.25, -0.2) is 0 Å². The molecule has 1 aliphatic heterocycles. The average molecular weight is 300 g/mol. The third-order valence-corrected chi connectivity index (χ3v) is 3.77. The lowest BCUT2D eigenvalue weighted by molar-refractivity contribution is 0.0643. The van der Waals surface area contributed by atoms with E-state index < -0.39 is 0 Å². The monoisotopic (exact) mass is 299 g/mol. The van der Waals surface area contributed by atoms with Crippen LogP contribution in [0.5, 0.6) is 0 Å². The molecule has 1 fully saturated rings. The highest BCUT2D eigenvalue weighted by Crippen LogP contribution is 2.33. The van der Waals surface area contributed by atoms with Crippen molar-refractivity contribution in [3.63, 3.8) is 0 Å². The van der Waals surface area contributed by atoms with E-state index in [1.807, 2.05) is 12.1 Å². The highest BCUT2D eigenvalue weighted by molar-refractivity contribution is 9.10. The number of aliphatic hydroxyl groups is 1. The van der Waals surface area contributed by atoms with Crippen LogP contribution in [0.1, 0.15) is 19.4 Å². The molecular formula is C13H18BrNO2. The highest BCUT2D eigenvalue weighted by Gasteiger charge is 2.31. The molecule has 17 heavy (non-hydrogen) atoms. The second-order valence-electron chi connectivity index (χ2n) is 4.96. The fourth-order valence-electron chi connectivity index (χ4n) is 2.17. The van der Waals surface area contributed by atoms with E-state index in [9.17, 15) is 0 Å². The van der Waals surface area contributed by atoms with E-state index in [1.54, 1.807) is 0 Å². The molecule has 0 aromatic heterocycles. The maximum atomic E-state index is 9.11. The Morgan fingerprint density at radius 3 is 2.82 bits per heavy atom. The van der Waals surface area contributed by atoms with E-state index in [0.717, 1.165) is 35.5 Å². The summed E-state index contributed by atoms with van der Waals surface area (Å²) in [6.45, 7) is 6.82. The van der Waals surface area contributed by atoms with E-state index in [2.05, 4.69) is 40.7 Å². The number of benzene rings is 1. The molecule has 1 aromatic rings. The fourth-order valence-corrected chi connectivity index (χ4v) is 2.81. The number of rotatable bonds is 2. The van der Waals surface area contributed by atoms with Crippen molar-refractivity contribution >= 4 is 21.6 Å². The number of aliphatic hydroxyl groups excluding tert-OH is 1. The van der Waals surface area contributed by atoms with E-state index in [-0.39, 0.29) is 12.1 Å². The van der Waals surface area contributed by atoms with Crippen LogP contribution >= 0.6 is 15.9 Å². The molecule has 0 aliphatic carbocycles. The van der Waals surface area contributed by atoms with Gasteiger partial charge in [0.1, 0.15) is 0 Å². The number of nitrogens with zero attached hydrogens (tertiary/aromatic N) is 1. The first-order chi connectivity index (χ1) is 8.04. The predicted octanol–water partition coefficient (Wildman–Crippen LogP) is 2.56. The summed E-state index contributed by atoms with van der Waals surface area (Å²) < 4.78 is 6.55. The van der Waals surface area contributed by atoms with Gasteiger partial charge in [-0.1, -0.05) is 6.07 Å². The van der Waals surface area contributed by atoms with Crippen LogP contribution in [-0.2, 0) is 11.3 Å². The minimum Gasteiger partial charge on any atom is -0.392 e. The van der Waals surface area contributed by atoms with Gasteiger partial charge in [-0.05, 0) is 47.5 Å². The van der Waals surface area contributed by atoms with Gasteiger partial charge < -0.3 is 14.7 Å². The molecule has 0 bridgehead atoms. The van der Waals surface area contributed by atoms with Gasteiger partial charge in [-0.15, -0.1) is 0 Å². The van der Waals surface area contributed by atoms with Gasteiger partial charge in [-0.3, -0.25) is 0 Å². The number of hydrogen-bond acceptors (Lipinski definition) is 3. The Kier molecular flexibility index (Phi) is 3.76. The third-order valence-electron chi connectivity index (χ3n) is 3.13. The number of halogens is 1. The maximum absolute atomic E-state index is 9.11. The van der Waals surface area contributed by atoms with E-state index in [4.69, 9.17) is 9.84 Å². The summed E-state index contributed by atoms with van der Waals surface area (Å²) in [4.78, 5) is 2.35. The number of ether oxygens (including phenoxy) is 1. The maximum Gasteiger partial charge on any atom is 0.0694 e. The molecule has 3 nitrogen and oxygen atoms in total. The minimum absolute atomic E-state index is 0.00149. The lowest BCUT2D eigenvalue weighted by atomic mass is 10.0. The largest absolute Gasteiger partial charge is 0.392 e. The molecule has 1 N–H and O–H groups in total. The molecule has 1 aliphatic rings. The van der Waals surface area contributed by atoms with E-state index in [1.165, 1.54) is 0 Å². The van der Waals surface area contributed by atoms with Crippen molar-refractivity contribution in [2.24, 2.45) is 0 Å². The molecule has 0 amide bonds. The summed E-state index contributed by atoms with van der Waals surface area (Å²) in [6, 6.07) is 6.00. The Hall–Kier alpha value is -0.580. The van der Waals surface area contributed by atoms with Crippen molar-refractivity contribution in [1.29, 1.82) is 0 Å². The molecule has 0 spiro atoms. The van der Waals surface area contributed by atoms with Crippen LogP contribution in [-0.4, -0.2) is 30.4 Å². The minimum atomic E-state index is 0.00149. The molecule has 0 atom stereocenters. The van der Waals surface area contributed by atoms with Crippen LogP contribution in [0, 0.1) is 0 Å². The average Bonchev–Trinajstić information content (AvgIpc) is 2.29. The quantitative estimate of drug-likeness (QED) is 0.911.